The van der Waals surface area contributed by atoms with E-state index >= 15 is 0 Å². The van der Waals surface area contributed by atoms with Crippen molar-refractivity contribution in [2.45, 2.75) is 0 Å². The number of aliphatic imine (C=N–C) groups is 3. The predicted octanol–water partition coefficient (Wildman–Crippen LogP) is -8.67. The van der Waals surface area contributed by atoms with Crippen molar-refractivity contribution in [1.29, 1.82) is 0 Å². The van der Waals surface area contributed by atoms with Crippen molar-refractivity contribution < 1.29 is 74.5 Å². The van der Waals surface area contributed by atoms with Gasteiger partial charge in [0.15, 0.2) is 0 Å². The van der Waals surface area contributed by atoms with E-state index in [9.17, 15) is 0 Å². The van der Waals surface area contributed by atoms with E-state index in [2.05, 4.69) is 34.8 Å². The van der Waals surface area contributed by atoms with Crippen molar-refractivity contribution in [3.8, 4) is 0 Å². The van der Waals surface area contributed by atoms with Gasteiger partial charge < -0.3 is 13.7 Å². The molecule has 3 heterocycles. The smallest absolute Gasteiger partial charge is 0.333 e. The number of hydrogen-bond donors (Lipinski definition) is 0. The van der Waals surface area contributed by atoms with Crippen LogP contribution >= 0.6 is 0 Å². The van der Waals surface area contributed by atoms with Gasteiger partial charge in [-0.2, -0.15) is 0 Å². The van der Waals surface area contributed by atoms with Crippen LogP contribution < -0.4 is 37.3 Å². The molecule has 0 aliphatic heterocycles. The van der Waals surface area contributed by atoms with Crippen LogP contribution in [-0.4, -0.2) is 91.5 Å². The van der Waals surface area contributed by atoms with Gasteiger partial charge in [0, 0.05) is 78.0 Å². The molecule has 3 rings (SSSR count). The maximum Gasteiger partial charge on any atom is 2.00 e. The van der Waals surface area contributed by atoms with E-state index in [1.54, 1.807) is 18.6 Å². The SMILES string of the molecule is Cn1ccnc1C=NCCN(CCN=Cc1nccn1C)CCN=Cc1nccn1C.[Co+2].[O-][Cl+3]([O-])([O-])[O-].[O-][Cl+3]([O-])([O-])[O-]. The molecule has 0 aliphatic rings. The van der Waals surface area contributed by atoms with E-state index in [-0.39, 0.29) is 16.8 Å². The first-order valence-electron chi connectivity index (χ1n) is 11.5. The van der Waals surface area contributed by atoms with Crippen LogP contribution in [0.2, 0.25) is 0 Å². The number of rotatable bonds is 12. The van der Waals surface area contributed by atoms with Crippen LogP contribution in [0.4, 0.5) is 0 Å². The van der Waals surface area contributed by atoms with Crippen LogP contribution in [0.3, 0.4) is 0 Å². The Morgan fingerprint density at radius 3 is 1.02 bits per heavy atom. The predicted molar refractivity (Wildman–Crippen MR) is 123 cm³/mol. The minimum Gasteiger partial charge on any atom is -0.333 e. The Balaban J connectivity index is 0.00000132. The van der Waals surface area contributed by atoms with Crippen molar-refractivity contribution in [3.05, 3.63) is 54.7 Å². The number of aryl methyl sites for hydroxylation is 3. The van der Waals surface area contributed by atoms with Gasteiger partial charge in [-0.3, -0.25) is 19.9 Å². The topological polar surface area (TPSA) is 278 Å². The summed E-state index contributed by atoms with van der Waals surface area (Å²) in [6, 6.07) is 0. The van der Waals surface area contributed by atoms with Gasteiger partial charge in [0.1, 0.15) is 17.5 Å². The van der Waals surface area contributed by atoms with Gasteiger partial charge in [0.2, 0.25) is 0 Å². The largest absolute Gasteiger partial charge is 2.00 e. The van der Waals surface area contributed by atoms with Crippen LogP contribution in [-0.2, 0) is 37.9 Å². The minimum absolute atomic E-state index is 0. The molecule has 42 heavy (non-hydrogen) atoms. The average molecular weight is 680 g/mol. The molecular weight excluding hydrogens is 650 g/mol. The van der Waals surface area contributed by atoms with Crippen molar-refractivity contribution in [2.75, 3.05) is 39.3 Å². The summed E-state index contributed by atoms with van der Waals surface area (Å²) >= 11 is 0. The van der Waals surface area contributed by atoms with E-state index in [4.69, 9.17) is 37.3 Å². The van der Waals surface area contributed by atoms with E-state index in [1.807, 2.05) is 72.1 Å². The Morgan fingerprint density at radius 2 is 0.833 bits per heavy atom. The van der Waals surface area contributed by atoms with Crippen LogP contribution in [0.1, 0.15) is 17.5 Å². The van der Waals surface area contributed by atoms with Gasteiger partial charge in [-0.05, 0) is 0 Å². The normalized spacial score (nSPS) is 12.0. The Kier molecular flexibility index (Phi) is 19.0. The van der Waals surface area contributed by atoms with E-state index in [1.165, 1.54) is 0 Å². The van der Waals surface area contributed by atoms with Crippen molar-refractivity contribution in [3.63, 3.8) is 0 Å². The van der Waals surface area contributed by atoms with Gasteiger partial charge in [-0.1, -0.05) is 0 Å². The second kappa shape index (κ2) is 20.3. The molecule has 0 atom stereocenters. The maximum atomic E-state index is 8.49. The fourth-order valence-electron chi connectivity index (χ4n) is 2.88. The summed E-state index contributed by atoms with van der Waals surface area (Å²) in [5.41, 5.74) is 0. The van der Waals surface area contributed by atoms with Gasteiger partial charge in [-0.15, -0.1) is 20.5 Å². The summed E-state index contributed by atoms with van der Waals surface area (Å²) in [6.07, 6.45) is 16.5. The van der Waals surface area contributed by atoms with Crippen LogP contribution in [0, 0.1) is 20.5 Å². The zero-order valence-corrected chi connectivity index (χ0v) is 25.3. The first-order valence-corrected chi connectivity index (χ1v) is 14.0. The molecule has 3 aromatic heterocycles. The number of imidazole rings is 3. The minimum atomic E-state index is -4.94. The summed E-state index contributed by atoms with van der Waals surface area (Å²) in [6.45, 7) is 4.57. The summed E-state index contributed by atoms with van der Waals surface area (Å²) in [7, 11) is -4.01. The second-order valence-electron chi connectivity index (χ2n) is 7.89. The third-order valence-corrected chi connectivity index (χ3v) is 4.83. The Labute approximate surface area is 256 Å². The van der Waals surface area contributed by atoms with Crippen LogP contribution in [0.5, 0.6) is 0 Å². The van der Waals surface area contributed by atoms with Gasteiger partial charge in [0.05, 0.1) is 38.3 Å². The third kappa shape index (κ3) is 21.1. The Morgan fingerprint density at radius 1 is 0.595 bits per heavy atom. The second-order valence-corrected chi connectivity index (χ2v) is 9.40. The molecule has 0 fully saturated rings. The maximum absolute atomic E-state index is 8.49. The molecular formula is C21H30Cl2CoN10O8. The van der Waals surface area contributed by atoms with E-state index in [0.717, 1.165) is 37.1 Å². The first-order chi connectivity index (χ1) is 19.1. The monoisotopic (exact) mass is 679 g/mol. The van der Waals surface area contributed by atoms with Crippen molar-refractivity contribution in [2.24, 2.45) is 36.1 Å². The average Bonchev–Trinajstić information content (AvgIpc) is 3.56. The standard InChI is InChI=1S/C21H30N10.2ClHO4.Co/c1-28-10-7-25-19(28)16-22-4-13-31(14-5-23-17-20-26-8-11-29(20)2)15-6-24-18-21-27-9-12-30(21)3;2*2-1(3,4)5;/h7-12,16-18H,4-6,13-15H2,1-3H3;2*(H,2,3,4,5);/q;;;+2/p-2. The van der Waals surface area contributed by atoms with Crippen LogP contribution in [0.25, 0.3) is 0 Å². The summed E-state index contributed by atoms with van der Waals surface area (Å²) in [5.74, 6) is 2.56. The molecule has 0 spiro atoms. The molecule has 0 saturated heterocycles. The molecule has 0 N–H and O–H groups in total. The van der Waals surface area contributed by atoms with E-state index in [0.29, 0.717) is 19.6 Å². The molecule has 0 amide bonds. The van der Waals surface area contributed by atoms with Crippen molar-refractivity contribution >= 4 is 18.6 Å². The number of nitrogens with zero attached hydrogens (tertiary/aromatic N) is 10. The van der Waals surface area contributed by atoms with Gasteiger partial charge in [-0.25, -0.2) is 52.2 Å². The molecule has 18 nitrogen and oxygen atoms in total. The molecule has 1 radical (unpaired) electrons. The fourth-order valence-corrected chi connectivity index (χ4v) is 2.88. The molecule has 3 aromatic rings. The molecule has 0 unspecified atom stereocenters. The summed E-state index contributed by atoms with van der Waals surface area (Å²) < 4.78 is 73.8. The van der Waals surface area contributed by atoms with Crippen LogP contribution in [0.15, 0.2) is 52.2 Å². The van der Waals surface area contributed by atoms with Gasteiger partial charge in [0.25, 0.3) is 0 Å². The molecule has 235 valence electrons. The molecule has 21 heteroatoms. The zero-order chi connectivity index (χ0) is 30.9. The fraction of sp³-hybridized carbons (Fsp3) is 0.429. The van der Waals surface area contributed by atoms with Crippen molar-refractivity contribution in [1.82, 2.24) is 33.6 Å². The summed E-state index contributed by atoms with van der Waals surface area (Å²) in [5, 5.41) is 0. The summed E-state index contributed by atoms with van der Waals surface area (Å²) in [4.78, 5) is 28.7. The number of halogens is 2. The van der Waals surface area contributed by atoms with Gasteiger partial charge >= 0.3 is 16.8 Å². The zero-order valence-electron chi connectivity index (χ0n) is 22.8. The Bertz CT molecular complexity index is 1070. The Hall–Kier alpha value is -2.63. The van der Waals surface area contributed by atoms with E-state index < -0.39 is 20.5 Å². The molecule has 0 bridgehead atoms. The third-order valence-electron chi connectivity index (χ3n) is 4.83. The first kappa shape index (κ1) is 39.4. The number of hydrogen-bond acceptors (Lipinski definition) is 15. The molecule has 0 aliphatic carbocycles. The molecule has 0 saturated carbocycles. The molecule has 0 aromatic carbocycles. The number of aromatic nitrogens is 6. The quantitative estimate of drug-likeness (QED) is 0.161.